The summed E-state index contributed by atoms with van der Waals surface area (Å²) >= 11 is 12.3. The van der Waals surface area contributed by atoms with Crippen molar-refractivity contribution in [3.05, 3.63) is 49.7 Å². The normalized spacial score (nSPS) is 20.9. The summed E-state index contributed by atoms with van der Waals surface area (Å²) in [6.07, 6.45) is 4.50. The number of rotatable bonds is 2. The zero-order chi connectivity index (χ0) is 16.8. The molecular formula is C17H17Cl2N3O2. The summed E-state index contributed by atoms with van der Waals surface area (Å²) in [5.74, 6) is 0.133. The van der Waals surface area contributed by atoms with E-state index in [2.05, 4.69) is 10.4 Å². The Morgan fingerprint density at radius 1 is 1.12 bits per heavy atom. The Hall–Kier alpha value is -1.72. The lowest BCUT2D eigenvalue weighted by Crippen LogP contribution is -2.27. The van der Waals surface area contributed by atoms with Crippen LogP contribution in [0.4, 0.5) is 5.82 Å². The summed E-state index contributed by atoms with van der Waals surface area (Å²) < 4.78 is 1.85. The molecule has 1 saturated carbocycles. The maximum absolute atomic E-state index is 12.6. The van der Waals surface area contributed by atoms with Gasteiger partial charge < -0.3 is 5.32 Å². The fourth-order valence-corrected chi connectivity index (χ4v) is 4.41. The molecule has 0 radical (unpaired) electrons. The van der Waals surface area contributed by atoms with Crippen LogP contribution in [0.1, 0.15) is 55.2 Å². The van der Waals surface area contributed by atoms with Gasteiger partial charge in [-0.3, -0.25) is 19.4 Å². The van der Waals surface area contributed by atoms with Crippen LogP contribution in [0.25, 0.3) is 0 Å². The van der Waals surface area contributed by atoms with Crippen LogP contribution < -0.4 is 10.9 Å². The molecule has 2 heterocycles. The highest BCUT2D eigenvalue weighted by Gasteiger charge is 2.35. The molecule has 0 saturated heterocycles. The number of hydrogen-bond acceptors (Lipinski definition) is 2. The van der Waals surface area contributed by atoms with Gasteiger partial charge in [0.2, 0.25) is 5.91 Å². The van der Waals surface area contributed by atoms with Crippen molar-refractivity contribution in [3.8, 4) is 0 Å². The van der Waals surface area contributed by atoms with Gasteiger partial charge in [0.1, 0.15) is 5.82 Å². The van der Waals surface area contributed by atoms with Gasteiger partial charge in [-0.05, 0) is 30.5 Å². The van der Waals surface area contributed by atoms with Gasteiger partial charge in [-0.2, -0.15) is 0 Å². The second-order valence-corrected chi connectivity index (χ2v) is 7.33. The van der Waals surface area contributed by atoms with E-state index in [-0.39, 0.29) is 29.8 Å². The molecule has 1 fully saturated rings. The van der Waals surface area contributed by atoms with E-state index >= 15 is 0 Å². The van der Waals surface area contributed by atoms with Crippen molar-refractivity contribution in [1.29, 1.82) is 0 Å². The quantitative estimate of drug-likeness (QED) is 0.841. The number of fused-ring (bicyclic) bond motifs is 1. The first-order valence-electron chi connectivity index (χ1n) is 8.14. The highest BCUT2D eigenvalue weighted by atomic mass is 35.5. The lowest BCUT2D eigenvalue weighted by Gasteiger charge is -2.25. The maximum atomic E-state index is 12.6. The van der Waals surface area contributed by atoms with Gasteiger partial charge in [0.05, 0.1) is 11.6 Å². The molecule has 2 aliphatic rings. The Balaban J connectivity index is 1.85. The molecule has 0 unspecified atom stereocenters. The van der Waals surface area contributed by atoms with E-state index in [1.54, 1.807) is 18.2 Å². The summed E-state index contributed by atoms with van der Waals surface area (Å²) in [6.45, 7) is 0. The van der Waals surface area contributed by atoms with Crippen molar-refractivity contribution in [2.24, 2.45) is 0 Å². The summed E-state index contributed by atoms with van der Waals surface area (Å²) in [4.78, 5) is 24.9. The first-order valence-corrected chi connectivity index (χ1v) is 8.89. The molecule has 0 bridgehead atoms. The highest BCUT2D eigenvalue weighted by Crippen LogP contribution is 2.41. The van der Waals surface area contributed by atoms with Crippen molar-refractivity contribution in [2.45, 2.75) is 44.1 Å². The van der Waals surface area contributed by atoms with E-state index < -0.39 is 0 Å². The van der Waals surface area contributed by atoms with Crippen molar-refractivity contribution in [3.63, 3.8) is 0 Å². The third kappa shape index (κ3) is 2.56. The molecule has 0 spiro atoms. The Morgan fingerprint density at radius 3 is 2.58 bits per heavy atom. The van der Waals surface area contributed by atoms with Gasteiger partial charge in [-0.25, -0.2) is 0 Å². The molecule has 1 atom stereocenters. The summed E-state index contributed by atoms with van der Waals surface area (Å²) in [6, 6.07) is 5.41. The maximum Gasteiger partial charge on any atom is 0.270 e. The Bertz CT molecular complexity index is 865. The van der Waals surface area contributed by atoms with E-state index in [1.165, 1.54) is 0 Å². The molecule has 2 N–H and O–H groups in total. The molecule has 5 nitrogen and oxygen atoms in total. The summed E-state index contributed by atoms with van der Waals surface area (Å²) in [5, 5.41) is 6.81. The second kappa shape index (κ2) is 5.97. The minimum absolute atomic E-state index is 0.107. The number of H-pyrrole nitrogens is 1. The van der Waals surface area contributed by atoms with Crippen LogP contribution in [0.3, 0.4) is 0 Å². The number of nitrogens with one attached hydrogen (secondary N) is 2. The fraction of sp³-hybridized carbons (Fsp3) is 0.412. The highest BCUT2D eigenvalue weighted by molar-refractivity contribution is 6.35. The van der Waals surface area contributed by atoms with E-state index in [1.807, 2.05) is 4.68 Å². The molecular weight excluding hydrogens is 349 g/mol. The van der Waals surface area contributed by atoms with Crippen molar-refractivity contribution in [1.82, 2.24) is 9.78 Å². The summed E-state index contributed by atoms with van der Waals surface area (Å²) in [7, 11) is 0. The largest absolute Gasteiger partial charge is 0.311 e. The van der Waals surface area contributed by atoms with Crippen LogP contribution in [0.2, 0.25) is 10.0 Å². The van der Waals surface area contributed by atoms with Gasteiger partial charge in [0, 0.05) is 22.4 Å². The summed E-state index contributed by atoms with van der Waals surface area (Å²) in [5.41, 5.74) is 1.19. The number of nitrogens with zero attached hydrogens (tertiary/aromatic N) is 1. The van der Waals surface area contributed by atoms with Gasteiger partial charge >= 0.3 is 0 Å². The van der Waals surface area contributed by atoms with Crippen LogP contribution >= 0.6 is 23.2 Å². The average Bonchev–Trinajstić information content (AvgIpc) is 3.15. The second-order valence-electron chi connectivity index (χ2n) is 6.48. The molecule has 1 aromatic heterocycles. The van der Waals surface area contributed by atoms with E-state index in [0.717, 1.165) is 31.2 Å². The number of amides is 1. The number of carbonyl (C=O) groups is 1. The molecule has 7 heteroatoms. The first kappa shape index (κ1) is 15.8. The monoisotopic (exact) mass is 365 g/mol. The van der Waals surface area contributed by atoms with Crippen LogP contribution in [-0.2, 0) is 4.79 Å². The van der Waals surface area contributed by atoms with E-state index in [0.29, 0.717) is 21.4 Å². The molecule has 4 rings (SSSR count). The molecule has 1 amide bonds. The van der Waals surface area contributed by atoms with E-state index in [4.69, 9.17) is 23.2 Å². The predicted octanol–water partition coefficient (Wildman–Crippen LogP) is 4.07. The van der Waals surface area contributed by atoms with Crippen molar-refractivity contribution in [2.75, 3.05) is 5.32 Å². The fourth-order valence-electron chi connectivity index (χ4n) is 3.87. The molecule has 2 aromatic rings. The van der Waals surface area contributed by atoms with Crippen molar-refractivity contribution >= 4 is 34.9 Å². The molecule has 1 aliphatic heterocycles. The zero-order valence-corrected chi connectivity index (χ0v) is 14.5. The number of hydrogen-bond donors (Lipinski definition) is 2. The molecule has 1 aliphatic carbocycles. The van der Waals surface area contributed by atoms with E-state index in [9.17, 15) is 9.59 Å². The Kier molecular flexibility index (Phi) is 3.93. The van der Waals surface area contributed by atoms with Gasteiger partial charge in [-0.15, -0.1) is 0 Å². The smallest absolute Gasteiger partial charge is 0.270 e. The number of halogens is 2. The topological polar surface area (TPSA) is 66.9 Å². The standard InChI is InChI=1S/C17H17Cl2N3O2/c18-9-5-6-11(13(19)7-9)12-8-14(23)20-16-15(12)17(24)21-22(16)10-3-1-2-4-10/h5-7,10,12H,1-4,8H2,(H,20,23)(H,21,24)/t12-/m0/s1. The third-order valence-corrected chi connectivity index (χ3v) is 5.55. The van der Waals surface area contributed by atoms with Gasteiger partial charge in [-0.1, -0.05) is 42.1 Å². The number of aromatic amines is 1. The van der Waals surface area contributed by atoms with Crippen LogP contribution in [0.15, 0.2) is 23.0 Å². The average molecular weight is 366 g/mol. The van der Waals surface area contributed by atoms with Crippen LogP contribution in [0.5, 0.6) is 0 Å². The minimum atomic E-state index is -0.357. The zero-order valence-electron chi connectivity index (χ0n) is 12.9. The Labute approximate surface area is 148 Å². The Morgan fingerprint density at radius 2 is 1.88 bits per heavy atom. The molecule has 1 aromatic carbocycles. The predicted molar refractivity (Wildman–Crippen MR) is 94.1 cm³/mol. The molecule has 126 valence electrons. The van der Waals surface area contributed by atoms with Crippen LogP contribution in [0, 0.1) is 0 Å². The number of aromatic nitrogens is 2. The number of anilines is 1. The first-order chi connectivity index (χ1) is 11.5. The SMILES string of the molecule is O=C1C[C@@H](c2ccc(Cl)cc2Cl)c2c(n(C3CCCC3)[nH]c2=O)N1. The lowest BCUT2D eigenvalue weighted by molar-refractivity contribution is -0.116. The molecule has 24 heavy (non-hydrogen) atoms. The van der Waals surface area contributed by atoms with Gasteiger partial charge in [0.15, 0.2) is 0 Å². The third-order valence-electron chi connectivity index (χ3n) is 4.99. The van der Waals surface area contributed by atoms with Crippen LogP contribution in [-0.4, -0.2) is 15.7 Å². The van der Waals surface area contributed by atoms with Gasteiger partial charge in [0.25, 0.3) is 5.56 Å². The lowest BCUT2D eigenvalue weighted by atomic mass is 9.87. The number of carbonyl (C=O) groups excluding carboxylic acids is 1. The minimum Gasteiger partial charge on any atom is -0.311 e. The van der Waals surface area contributed by atoms with Crippen molar-refractivity contribution < 1.29 is 4.79 Å². The number of benzene rings is 1.